The minimum atomic E-state index is -3.55. The number of hydrogen-bond donors (Lipinski definition) is 1. The molecule has 0 bridgehead atoms. The van der Waals surface area contributed by atoms with E-state index in [-0.39, 0.29) is 10.8 Å². The van der Waals surface area contributed by atoms with E-state index in [0.29, 0.717) is 5.56 Å². The molecule has 0 saturated carbocycles. The number of hydrogen-bond acceptors (Lipinski definition) is 4. The van der Waals surface area contributed by atoms with Crippen molar-refractivity contribution >= 4 is 21.2 Å². The van der Waals surface area contributed by atoms with E-state index in [1.165, 1.54) is 24.3 Å². The summed E-state index contributed by atoms with van der Waals surface area (Å²) in [5, 5.41) is 0.776. The SMILES string of the molecule is NC[C@H](c1cccc(F)c1)S(=O)(=O)c1cccs1. The van der Waals surface area contributed by atoms with E-state index in [4.69, 9.17) is 5.73 Å². The Labute approximate surface area is 109 Å². The highest BCUT2D eigenvalue weighted by molar-refractivity contribution is 7.93. The van der Waals surface area contributed by atoms with Crippen molar-refractivity contribution in [2.24, 2.45) is 5.73 Å². The van der Waals surface area contributed by atoms with Crippen molar-refractivity contribution in [1.82, 2.24) is 0 Å². The first-order chi connectivity index (χ1) is 8.55. The monoisotopic (exact) mass is 285 g/mol. The van der Waals surface area contributed by atoms with Crippen LogP contribution in [0.15, 0.2) is 46.0 Å². The maximum absolute atomic E-state index is 13.2. The van der Waals surface area contributed by atoms with E-state index >= 15 is 0 Å². The average molecular weight is 285 g/mol. The first-order valence-corrected chi connectivity index (χ1v) is 7.71. The van der Waals surface area contributed by atoms with Crippen molar-refractivity contribution in [1.29, 1.82) is 0 Å². The Morgan fingerprint density at radius 3 is 2.61 bits per heavy atom. The van der Waals surface area contributed by atoms with Crippen LogP contribution in [-0.4, -0.2) is 15.0 Å². The molecule has 1 aromatic heterocycles. The van der Waals surface area contributed by atoms with Gasteiger partial charge in [0.1, 0.15) is 15.3 Å². The van der Waals surface area contributed by atoms with Crippen LogP contribution >= 0.6 is 11.3 Å². The Kier molecular flexibility index (Phi) is 3.79. The van der Waals surface area contributed by atoms with Crippen molar-refractivity contribution in [2.75, 3.05) is 6.54 Å². The molecule has 1 heterocycles. The lowest BCUT2D eigenvalue weighted by atomic mass is 10.1. The second kappa shape index (κ2) is 5.17. The molecule has 0 aliphatic heterocycles. The van der Waals surface area contributed by atoms with E-state index in [1.54, 1.807) is 17.5 Å². The molecule has 0 fully saturated rings. The van der Waals surface area contributed by atoms with E-state index in [2.05, 4.69) is 0 Å². The third kappa shape index (κ3) is 2.45. The fraction of sp³-hybridized carbons (Fsp3) is 0.167. The number of halogens is 1. The van der Waals surface area contributed by atoms with Gasteiger partial charge in [-0.3, -0.25) is 0 Å². The molecule has 0 unspecified atom stereocenters. The summed E-state index contributed by atoms with van der Waals surface area (Å²) in [7, 11) is -3.55. The lowest BCUT2D eigenvalue weighted by Gasteiger charge is -2.15. The van der Waals surface area contributed by atoms with Gasteiger partial charge >= 0.3 is 0 Å². The molecule has 1 atom stereocenters. The number of sulfone groups is 1. The lowest BCUT2D eigenvalue weighted by Crippen LogP contribution is -2.21. The van der Waals surface area contributed by atoms with Crippen LogP contribution in [0.5, 0.6) is 0 Å². The summed E-state index contributed by atoms with van der Waals surface area (Å²) >= 11 is 1.14. The molecular weight excluding hydrogens is 273 g/mol. The summed E-state index contributed by atoms with van der Waals surface area (Å²) in [6.45, 7) is -0.0797. The largest absolute Gasteiger partial charge is 0.329 e. The van der Waals surface area contributed by atoms with Crippen molar-refractivity contribution in [2.45, 2.75) is 9.46 Å². The van der Waals surface area contributed by atoms with Gasteiger partial charge in [0.05, 0.1) is 0 Å². The Balaban J connectivity index is 2.47. The minimum Gasteiger partial charge on any atom is -0.329 e. The summed E-state index contributed by atoms with van der Waals surface area (Å²) < 4.78 is 38.1. The van der Waals surface area contributed by atoms with E-state index in [0.717, 1.165) is 11.3 Å². The molecule has 18 heavy (non-hydrogen) atoms. The van der Waals surface area contributed by atoms with Gasteiger partial charge in [0.15, 0.2) is 9.84 Å². The van der Waals surface area contributed by atoms with Crippen molar-refractivity contribution in [3.63, 3.8) is 0 Å². The van der Waals surface area contributed by atoms with Gasteiger partial charge in [-0.1, -0.05) is 18.2 Å². The van der Waals surface area contributed by atoms with Gasteiger partial charge in [-0.15, -0.1) is 11.3 Å². The zero-order valence-electron chi connectivity index (χ0n) is 9.41. The summed E-state index contributed by atoms with van der Waals surface area (Å²) in [4.78, 5) is 0. The Morgan fingerprint density at radius 1 is 1.28 bits per heavy atom. The van der Waals surface area contributed by atoms with Crippen LogP contribution in [0.25, 0.3) is 0 Å². The Bertz CT molecular complexity index is 623. The van der Waals surface area contributed by atoms with Crippen LogP contribution < -0.4 is 5.73 Å². The zero-order valence-corrected chi connectivity index (χ0v) is 11.0. The molecule has 0 spiro atoms. The Morgan fingerprint density at radius 2 is 2.06 bits per heavy atom. The van der Waals surface area contributed by atoms with Crippen LogP contribution in [0.2, 0.25) is 0 Å². The predicted octanol–water partition coefficient (Wildman–Crippen LogP) is 2.36. The van der Waals surface area contributed by atoms with Gasteiger partial charge in [0, 0.05) is 6.54 Å². The minimum absolute atomic E-state index is 0.0797. The molecule has 2 aromatic rings. The van der Waals surface area contributed by atoms with Gasteiger partial charge < -0.3 is 5.73 Å². The summed E-state index contributed by atoms with van der Waals surface area (Å²) in [6, 6.07) is 8.74. The standard InChI is InChI=1S/C12H12FNO2S2/c13-10-4-1-3-9(7-10)11(8-14)18(15,16)12-5-2-6-17-12/h1-7,11H,8,14H2/t11-/m1/s1. The molecule has 6 heteroatoms. The van der Waals surface area contributed by atoms with Gasteiger partial charge in [-0.05, 0) is 29.1 Å². The molecule has 2 rings (SSSR count). The third-order valence-corrected chi connectivity index (χ3v) is 6.14. The second-order valence-electron chi connectivity index (χ2n) is 3.76. The number of thiophene rings is 1. The second-order valence-corrected chi connectivity index (χ2v) is 7.06. The number of benzene rings is 1. The molecule has 0 aliphatic rings. The van der Waals surface area contributed by atoms with Gasteiger partial charge in [0.2, 0.25) is 0 Å². The summed E-state index contributed by atoms with van der Waals surface area (Å²) in [6.07, 6.45) is 0. The van der Waals surface area contributed by atoms with Crippen molar-refractivity contribution in [3.8, 4) is 0 Å². The van der Waals surface area contributed by atoms with Crippen LogP contribution in [0, 0.1) is 5.82 Å². The molecule has 0 amide bonds. The average Bonchev–Trinajstić information content (AvgIpc) is 2.83. The number of nitrogens with two attached hydrogens (primary N) is 1. The van der Waals surface area contributed by atoms with Gasteiger partial charge in [-0.2, -0.15) is 0 Å². The molecule has 1 aromatic carbocycles. The van der Waals surface area contributed by atoms with Gasteiger partial charge in [-0.25, -0.2) is 12.8 Å². The van der Waals surface area contributed by atoms with Crippen LogP contribution in [0.3, 0.4) is 0 Å². The van der Waals surface area contributed by atoms with E-state index < -0.39 is 20.9 Å². The van der Waals surface area contributed by atoms with Gasteiger partial charge in [0.25, 0.3) is 0 Å². The fourth-order valence-electron chi connectivity index (χ4n) is 1.71. The predicted molar refractivity (Wildman–Crippen MR) is 69.7 cm³/mol. The lowest BCUT2D eigenvalue weighted by molar-refractivity contribution is 0.583. The third-order valence-electron chi connectivity index (χ3n) is 2.58. The van der Waals surface area contributed by atoms with E-state index in [1.807, 2.05) is 0 Å². The maximum Gasteiger partial charge on any atom is 0.195 e. The molecule has 96 valence electrons. The first kappa shape index (κ1) is 13.2. The quantitative estimate of drug-likeness (QED) is 0.938. The molecule has 0 aliphatic carbocycles. The van der Waals surface area contributed by atoms with Crippen molar-refractivity contribution < 1.29 is 12.8 Å². The Hall–Kier alpha value is -1.24. The highest BCUT2D eigenvalue weighted by Crippen LogP contribution is 2.30. The topological polar surface area (TPSA) is 60.2 Å². The highest BCUT2D eigenvalue weighted by atomic mass is 32.2. The maximum atomic E-state index is 13.2. The first-order valence-electron chi connectivity index (χ1n) is 5.28. The zero-order chi connectivity index (χ0) is 13.2. The van der Waals surface area contributed by atoms with Crippen LogP contribution in [0.4, 0.5) is 4.39 Å². The highest BCUT2D eigenvalue weighted by Gasteiger charge is 2.28. The molecule has 0 saturated heterocycles. The van der Waals surface area contributed by atoms with Crippen LogP contribution in [-0.2, 0) is 9.84 Å². The molecule has 3 nitrogen and oxygen atoms in total. The van der Waals surface area contributed by atoms with Crippen molar-refractivity contribution in [3.05, 3.63) is 53.2 Å². The molecule has 2 N–H and O–H groups in total. The van der Waals surface area contributed by atoms with Crippen LogP contribution in [0.1, 0.15) is 10.8 Å². The normalized spacial score (nSPS) is 13.4. The molecular formula is C12H12FNO2S2. The van der Waals surface area contributed by atoms with E-state index in [9.17, 15) is 12.8 Å². The summed E-state index contributed by atoms with van der Waals surface area (Å²) in [5.74, 6) is -0.465. The molecule has 0 radical (unpaired) electrons. The fourth-order valence-corrected chi connectivity index (χ4v) is 4.52. The smallest absolute Gasteiger partial charge is 0.195 e. The summed E-state index contributed by atoms with van der Waals surface area (Å²) in [5.41, 5.74) is 5.93. The number of rotatable bonds is 4.